The smallest absolute Gasteiger partial charge is 0.321 e. The van der Waals surface area contributed by atoms with E-state index in [4.69, 9.17) is 0 Å². The molecule has 3 amide bonds. The van der Waals surface area contributed by atoms with Gasteiger partial charge in [-0.3, -0.25) is 14.9 Å². The molecule has 4 rings (SSSR count). The maximum absolute atomic E-state index is 12.7. The maximum atomic E-state index is 12.7. The van der Waals surface area contributed by atoms with E-state index in [9.17, 15) is 14.4 Å². The van der Waals surface area contributed by atoms with Crippen LogP contribution in [0.25, 0.3) is 0 Å². The van der Waals surface area contributed by atoms with E-state index in [-0.39, 0.29) is 23.8 Å². The van der Waals surface area contributed by atoms with Gasteiger partial charge in [0.2, 0.25) is 5.91 Å². The molecule has 1 aromatic carbocycles. The number of urea groups is 1. The van der Waals surface area contributed by atoms with E-state index in [2.05, 4.69) is 20.5 Å². The number of carbonyl (C=O) groups is 3. The van der Waals surface area contributed by atoms with Crippen LogP contribution < -0.4 is 15.5 Å². The number of thiazole rings is 1. The minimum absolute atomic E-state index is 0.0627. The molecule has 1 saturated heterocycles. The van der Waals surface area contributed by atoms with E-state index in [0.29, 0.717) is 36.6 Å². The molecule has 0 spiro atoms. The number of nitrogens with zero attached hydrogens (tertiary/aromatic N) is 3. The highest BCUT2D eigenvalue weighted by Crippen LogP contribution is 2.21. The Morgan fingerprint density at radius 1 is 1.03 bits per heavy atom. The predicted molar refractivity (Wildman–Crippen MR) is 135 cm³/mol. The third kappa shape index (κ3) is 6.56. The van der Waals surface area contributed by atoms with Gasteiger partial charge in [0.05, 0.1) is 5.69 Å². The minimum atomic E-state index is -0.197. The first-order valence-electron chi connectivity index (χ1n) is 12.1. The first-order valence-corrected chi connectivity index (χ1v) is 13.0. The van der Waals surface area contributed by atoms with Gasteiger partial charge in [-0.15, -0.1) is 11.3 Å². The number of rotatable bonds is 7. The highest BCUT2D eigenvalue weighted by atomic mass is 32.1. The Bertz CT molecular complexity index is 992. The van der Waals surface area contributed by atoms with Gasteiger partial charge in [0, 0.05) is 55.3 Å². The molecule has 2 aromatic rings. The second-order valence-electron chi connectivity index (χ2n) is 9.05. The van der Waals surface area contributed by atoms with Crippen molar-refractivity contribution in [2.24, 2.45) is 0 Å². The van der Waals surface area contributed by atoms with Gasteiger partial charge in [0.25, 0.3) is 0 Å². The van der Waals surface area contributed by atoms with Crippen LogP contribution in [-0.2, 0) is 11.2 Å². The van der Waals surface area contributed by atoms with Crippen LogP contribution in [-0.4, -0.2) is 59.8 Å². The first kappa shape index (κ1) is 24.2. The molecule has 34 heavy (non-hydrogen) atoms. The number of benzene rings is 1. The molecule has 2 heterocycles. The molecule has 8 nitrogen and oxygen atoms in total. The Morgan fingerprint density at radius 2 is 1.74 bits per heavy atom. The number of aromatic nitrogens is 1. The van der Waals surface area contributed by atoms with Crippen molar-refractivity contribution in [1.29, 1.82) is 0 Å². The summed E-state index contributed by atoms with van der Waals surface area (Å²) in [6, 6.07) is 7.70. The van der Waals surface area contributed by atoms with Crippen LogP contribution in [0.3, 0.4) is 0 Å². The van der Waals surface area contributed by atoms with E-state index in [0.717, 1.165) is 37.3 Å². The molecule has 0 radical (unpaired) electrons. The van der Waals surface area contributed by atoms with Gasteiger partial charge in [-0.1, -0.05) is 19.3 Å². The van der Waals surface area contributed by atoms with Crippen LogP contribution in [0.15, 0.2) is 29.6 Å². The molecular weight excluding hydrogens is 450 g/mol. The van der Waals surface area contributed by atoms with Crippen molar-refractivity contribution in [1.82, 2.24) is 15.2 Å². The molecule has 2 N–H and O–H groups in total. The summed E-state index contributed by atoms with van der Waals surface area (Å²) in [6.45, 7) is 4.46. The number of nitrogens with one attached hydrogen (secondary N) is 2. The van der Waals surface area contributed by atoms with E-state index in [1.54, 1.807) is 6.92 Å². The number of anilines is 2. The Labute approximate surface area is 204 Å². The second kappa shape index (κ2) is 11.5. The predicted octanol–water partition coefficient (Wildman–Crippen LogP) is 4.08. The maximum Gasteiger partial charge on any atom is 0.321 e. The third-order valence-corrected chi connectivity index (χ3v) is 7.39. The van der Waals surface area contributed by atoms with Crippen molar-refractivity contribution in [3.05, 3.63) is 40.9 Å². The normalized spacial score (nSPS) is 16.9. The lowest BCUT2D eigenvalue weighted by Gasteiger charge is -2.36. The number of aryl methyl sites for hydroxylation is 1. The third-order valence-electron chi connectivity index (χ3n) is 6.58. The summed E-state index contributed by atoms with van der Waals surface area (Å²) in [5.74, 6) is 0.192. The standard InChI is InChI=1S/C25H33N5O3S/c1-18(31)19-7-10-22(11-8-19)29-13-15-30(16-14-29)23(32)12-9-21-17-34-25(27-21)28-24(33)26-20-5-3-2-4-6-20/h7-8,10-11,17,20H,2-6,9,12-16H2,1H3,(H2,26,27,28,33). The first-order chi connectivity index (χ1) is 16.5. The number of Topliss-reactive ketones (excluding diaryl/α,β-unsaturated/α-hetero) is 1. The number of hydrogen-bond acceptors (Lipinski definition) is 6. The van der Waals surface area contributed by atoms with E-state index in [1.807, 2.05) is 34.5 Å². The van der Waals surface area contributed by atoms with Crippen molar-refractivity contribution in [3.8, 4) is 0 Å². The van der Waals surface area contributed by atoms with E-state index >= 15 is 0 Å². The second-order valence-corrected chi connectivity index (χ2v) is 9.91. The lowest BCUT2D eigenvalue weighted by Crippen LogP contribution is -2.48. The van der Waals surface area contributed by atoms with Gasteiger partial charge < -0.3 is 15.1 Å². The minimum Gasteiger partial charge on any atom is -0.368 e. The number of amides is 3. The highest BCUT2D eigenvalue weighted by molar-refractivity contribution is 7.13. The summed E-state index contributed by atoms with van der Waals surface area (Å²) < 4.78 is 0. The van der Waals surface area contributed by atoms with Crippen molar-refractivity contribution < 1.29 is 14.4 Å². The fourth-order valence-electron chi connectivity index (χ4n) is 4.56. The van der Waals surface area contributed by atoms with E-state index < -0.39 is 0 Å². The molecule has 9 heteroatoms. The van der Waals surface area contributed by atoms with Crippen LogP contribution in [0.1, 0.15) is 61.5 Å². The monoisotopic (exact) mass is 483 g/mol. The van der Waals surface area contributed by atoms with Crippen LogP contribution in [0, 0.1) is 0 Å². The van der Waals surface area contributed by atoms with Crippen molar-refractivity contribution in [2.45, 2.75) is 57.9 Å². The van der Waals surface area contributed by atoms with Gasteiger partial charge in [-0.2, -0.15) is 0 Å². The van der Waals surface area contributed by atoms with Gasteiger partial charge in [0.15, 0.2) is 10.9 Å². The summed E-state index contributed by atoms with van der Waals surface area (Å²) >= 11 is 1.39. The quantitative estimate of drug-likeness (QED) is 0.579. The highest BCUT2D eigenvalue weighted by Gasteiger charge is 2.22. The largest absolute Gasteiger partial charge is 0.368 e. The average molecular weight is 484 g/mol. The summed E-state index contributed by atoms with van der Waals surface area (Å²) in [7, 11) is 0. The summed E-state index contributed by atoms with van der Waals surface area (Å²) in [4.78, 5) is 45.0. The zero-order valence-electron chi connectivity index (χ0n) is 19.7. The number of ketones is 1. The zero-order chi connectivity index (χ0) is 23.9. The van der Waals surface area contributed by atoms with Crippen LogP contribution in [0.5, 0.6) is 0 Å². The molecule has 1 saturated carbocycles. The Balaban J connectivity index is 1.18. The molecule has 1 aliphatic carbocycles. The fraction of sp³-hybridized carbons (Fsp3) is 0.520. The number of hydrogen-bond donors (Lipinski definition) is 2. The van der Waals surface area contributed by atoms with Gasteiger partial charge in [0.1, 0.15) is 0 Å². The summed E-state index contributed by atoms with van der Waals surface area (Å²) in [6.07, 6.45) is 6.64. The van der Waals surface area contributed by atoms with Crippen molar-refractivity contribution >= 4 is 39.9 Å². The molecule has 0 atom stereocenters. The Kier molecular flexibility index (Phi) is 8.16. The van der Waals surface area contributed by atoms with Crippen molar-refractivity contribution in [2.75, 3.05) is 36.4 Å². The lowest BCUT2D eigenvalue weighted by molar-refractivity contribution is -0.131. The molecular formula is C25H33N5O3S. The number of piperazine rings is 1. The zero-order valence-corrected chi connectivity index (χ0v) is 20.5. The molecule has 1 aliphatic heterocycles. The van der Waals surface area contributed by atoms with Crippen LogP contribution in [0.4, 0.5) is 15.6 Å². The SMILES string of the molecule is CC(=O)c1ccc(N2CCN(C(=O)CCc3csc(NC(=O)NC4CCCCC4)n3)CC2)cc1. The van der Waals surface area contributed by atoms with Crippen LogP contribution >= 0.6 is 11.3 Å². The molecule has 0 bridgehead atoms. The number of carbonyl (C=O) groups excluding carboxylic acids is 3. The Morgan fingerprint density at radius 3 is 2.41 bits per heavy atom. The summed E-state index contributed by atoms with van der Waals surface area (Å²) in [5, 5.41) is 8.34. The fourth-order valence-corrected chi connectivity index (χ4v) is 5.30. The molecule has 2 aliphatic rings. The molecule has 1 aromatic heterocycles. The van der Waals surface area contributed by atoms with Gasteiger partial charge in [-0.05, 0) is 50.5 Å². The lowest BCUT2D eigenvalue weighted by atomic mass is 9.96. The summed E-state index contributed by atoms with van der Waals surface area (Å²) in [5.41, 5.74) is 2.62. The molecule has 2 fully saturated rings. The van der Waals surface area contributed by atoms with E-state index in [1.165, 1.54) is 30.6 Å². The molecule has 182 valence electrons. The average Bonchev–Trinajstić information content (AvgIpc) is 3.30. The Hall–Kier alpha value is -2.94. The molecule has 0 unspecified atom stereocenters. The van der Waals surface area contributed by atoms with Crippen molar-refractivity contribution in [3.63, 3.8) is 0 Å². The van der Waals surface area contributed by atoms with Gasteiger partial charge >= 0.3 is 6.03 Å². The van der Waals surface area contributed by atoms with Gasteiger partial charge in [-0.25, -0.2) is 9.78 Å². The van der Waals surface area contributed by atoms with Crippen LogP contribution in [0.2, 0.25) is 0 Å². The topological polar surface area (TPSA) is 94.6 Å².